The van der Waals surface area contributed by atoms with Gasteiger partial charge in [0.2, 0.25) is 0 Å². The standard InChI is InChI=1S/C33H32ClN3O4/c1-40-33(39)32-31(24-10-6-3-7-11-24)27-18-28(34)30(38)16-25(27)20-37(32)19-22-12-14-36(15-13-22)21-26-17-29(35-41-26)23-8-4-2-5-9-23/h2-11,17-18,20,22,28H,12-16,19,21H2,1H3. The number of esters is 1. The first-order valence-electron chi connectivity index (χ1n) is 14.0. The molecule has 3 aromatic rings. The Morgan fingerprint density at radius 1 is 1.05 bits per heavy atom. The molecule has 2 aromatic carbocycles. The van der Waals surface area contributed by atoms with Crippen LogP contribution in [0.5, 0.6) is 0 Å². The molecule has 6 rings (SSSR count). The number of rotatable bonds is 7. The number of hydrogen-bond donors (Lipinski definition) is 0. The summed E-state index contributed by atoms with van der Waals surface area (Å²) in [6.45, 7) is 3.19. The van der Waals surface area contributed by atoms with Crippen molar-refractivity contribution in [3.8, 4) is 11.3 Å². The largest absolute Gasteiger partial charge is 0.464 e. The van der Waals surface area contributed by atoms with E-state index in [1.54, 1.807) is 6.08 Å². The molecule has 3 heterocycles. The van der Waals surface area contributed by atoms with Gasteiger partial charge in [-0.15, -0.1) is 11.6 Å². The number of allylic oxidation sites excluding steroid dienone is 4. The number of nitrogens with zero attached hydrogens (tertiary/aromatic N) is 3. The molecule has 1 unspecified atom stereocenters. The number of methoxy groups -OCH3 is 1. The molecule has 1 aromatic heterocycles. The number of benzene rings is 2. The lowest BCUT2D eigenvalue weighted by molar-refractivity contribution is -0.137. The molecule has 41 heavy (non-hydrogen) atoms. The maximum Gasteiger partial charge on any atom is 0.355 e. The third kappa shape index (κ3) is 5.78. The lowest BCUT2D eigenvalue weighted by Gasteiger charge is -2.38. The van der Waals surface area contributed by atoms with Crippen molar-refractivity contribution in [2.24, 2.45) is 5.92 Å². The van der Waals surface area contributed by atoms with Gasteiger partial charge >= 0.3 is 5.97 Å². The van der Waals surface area contributed by atoms with Gasteiger partial charge in [-0.2, -0.15) is 0 Å². The van der Waals surface area contributed by atoms with E-state index in [1.807, 2.05) is 77.8 Å². The average molecular weight is 570 g/mol. The monoisotopic (exact) mass is 569 g/mol. The van der Waals surface area contributed by atoms with Gasteiger partial charge in [0, 0.05) is 36.4 Å². The molecule has 1 atom stereocenters. The van der Waals surface area contributed by atoms with Gasteiger partial charge in [0.1, 0.15) is 16.8 Å². The van der Waals surface area contributed by atoms with Crippen LogP contribution in [0, 0.1) is 5.92 Å². The zero-order valence-corrected chi connectivity index (χ0v) is 23.7. The second kappa shape index (κ2) is 11.9. The number of carbonyl (C=O) groups excluding carboxylic acids is 2. The zero-order valence-electron chi connectivity index (χ0n) is 23.0. The van der Waals surface area contributed by atoms with Crippen LogP contribution in [-0.2, 0) is 20.9 Å². The summed E-state index contributed by atoms with van der Waals surface area (Å²) in [7, 11) is 1.41. The Hall–Kier alpha value is -3.94. The molecule has 0 radical (unpaired) electrons. The van der Waals surface area contributed by atoms with Crippen molar-refractivity contribution in [2.45, 2.75) is 31.2 Å². The first kappa shape index (κ1) is 27.2. The first-order chi connectivity index (χ1) is 20.0. The Kier molecular flexibility index (Phi) is 7.90. The number of aromatic nitrogens is 1. The van der Waals surface area contributed by atoms with Gasteiger partial charge in [-0.25, -0.2) is 4.79 Å². The van der Waals surface area contributed by atoms with Crippen LogP contribution in [-0.4, -0.2) is 58.8 Å². The van der Waals surface area contributed by atoms with Crippen molar-refractivity contribution < 1.29 is 18.8 Å². The highest BCUT2D eigenvalue weighted by atomic mass is 35.5. The van der Waals surface area contributed by atoms with Gasteiger partial charge in [-0.1, -0.05) is 71.9 Å². The fourth-order valence-electron chi connectivity index (χ4n) is 5.92. The summed E-state index contributed by atoms with van der Waals surface area (Å²) in [5, 5.41) is 3.53. The van der Waals surface area contributed by atoms with E-state index in [1.165, 1.54) is 7.11 Å². The van der Waals surface area contributed by atoms with Crippen LogP contribution in [0.3, 0.4) is 0 Å². The van der Waals surface area contributed by atoms with Crippen LogP contribution < -0.4 is 0 Å². The Balaban J connectivity index is 1.20. The summed E-state index contributed by atoms with van der Waals surface area (Å²) in [5.41, 5.74) is 5.76. The molecule has 1 saturated heterocycles. The first-order valence-corrected chi connectivity index (χ1v) is 14.4. The number of alkyl halides is 1. The normalized spacial score (nSPS) is 20.0. The highest BCUT2D eigenvalue weighted by molar-refractivity contribution is 6.33. The number of likely N-dealkylation sites (tertiary alicyclic amines) is 1. The van der Waals surface area contributed by atoms with Gasteiger partial charge in [0.15, 0.2) is 11.5 Å². The number of piperidine rings is 1. The summed E-state index contributed by atoms with van der Waals surface area (Å²) < 4.78 is 10.9. The van der Waals surface area contributed by atoms with Gasteiger partial charge in [-0.3, -0.25) is 9.69 Å². The average Bonchev–Trinajstić information content (AvgIpc) is 3.47. The molecular weight excluding hydrogens is 538 g/mol. The summed E-state index contributed by atoms with van der Waals surface area (Å²) in [5.74, 6) is 0.775. The van der Waals surface area contributed by atoms with Crippen molar-refractivity contribution >= 4 is 28.9 Å². The molecule has 7 nitrogen and oxygen atoms in total. The fraction of sp³-hybridized carbons (Fsp3) is 0.303. The topological polar surface area (TPSA) is 75.9 Å². The highest BCUT2D eigenvalue weighted by Crippen LogP contribution is 2.42. The molecule has 210 valence electrons. The second-order valence-corrected chi connectivity index (χ2v) is 11.2. The Morgan fingerprint density at radius 3 is 2.41 bits per heavy atom. The van der Waals surface area contributed by atoms with Crippen LogP contribution in [0.2, 0.25) is 0 Å². The number of carbonyl (C=O) groups is 2. The van der Waals surface area contributed by atoms with Gasteiger partial charge in [0.05, 0.1) is 13.7 Å². The fourth-order valence-corrected chi connectivity index (χ4v) is 6.13. The lowest BCUT2D eigenvalue weighted by atomic mass is 9.81. The molecule has 0 saturated carbocycles. The molecule has 3 aliphatic rings. The third-order valence-electron chi connectivity index (χ3n) is 8.05. The molecule has 2 aliphatic heterocycles. The van der Waals surface area contributed by atoms with Gasteiger partial charge in [-0.05, 0) is 48.6 Å². The van der Waals surface area contributed by atoms with Gasteiger partial charge in [0.25, 0.3) is 0 Å². The minimum absolute atomic E-state index is 0.0355. The molecule has 8 heteroatoms. The Bertz CT molecular complexity index is 1520. The van der Waals surface area contributed by atoms with Crippen LogP contribution in [0.4, 0.5) is 0 Å². The number of halogens is 1. The molecule has 0 bridgehead atoms. The quantitative estimate of drug-likeness (QED) is 0.261. The van der Waals surface area contributed by atoms with Crippen molar-refractivity contribution in [2.75, 3.05) is 26.7 Å². The smallest absolute Gasteiger partial charge is 0.355 e. The molecule has 0 amide bonds. The minimum Gasteiger partial charge on any atom is -0.464 e. The lowest BCUT2D eigenvalue weighted by Crippen LogP contribution is -2.39. The predicted molar refractivity (Wildman–Crippen MR) is 157 cm³/mol. The van der Waals surface area contributed by atoms with E-state index in [2.05, 4.69) is 10.1 Å². The summed E-state index contributed by atoms with van der Waals surface area (Å²) in [6, 6.07) is 21.8. The second-order valence-electron chi connectivity index (χ2n) is 10.8. The van der Waals surface area contributed by atoms with E-state index in [-0.39, 0.29) is 12.2 Å². The number of Topliss-reactive ketones (excluding diaryl/α,β-unsaturated/α-hetero) is 1. The maximum atomic E-state index is 13.3. The highest BCUT2D eigenvalue weighted by Gasteiger charge is 2.36. The van der Waals surface area contributed by atoms with E-state index >= 15 is 0 Å². The van der Waals surface area contributed by atoms with Gasteiger partial charge < -0.3 is 14.2 Å². The number of fused-ring (bicyclic) bond motifs is 1. The SMILES string of the molecule is COC(=O)C1=C(c2ccccc2)C2=CC(Cl)C(=O)CC2=CN1CC1CCN(Cc2cc(-c3ccccc3)no2)CC1. The number of ketones is 1. The zero-order chi connectivity index (χ0) is 28.3. The summed E-state index contributed by atoms with van der Waals surface area (Å²) in [4.78, 5) is 30.2. The van der Waals surface area contributed by atoms with E-state index in [0.29, 0.717) is 24.7 Å². The van der Waals surface area contributed by atoms with Crippen LogP contribution in [0.25, 0.3) is 16.8 Å². The van der Waals surface area contributed by atoms with Crippen LogP contribution in [0.15, 0.2) is 100 Å². The van der Waals surface area contributed by atoms with Crippen molar-refractivity contribution in [3.05, 3.63) is 107 Å². The minimum atomic E-state index is -0.719. The van der Waals surface area contributed by atoms with E-state index in [9.17, 15) is 9.59 Å². The van der Waals surface area contributed by atoms with E-state index in [0.717, 1.165) is 65.2 Å². The Labute approximate surface area is 244 Å². The molecule has 0 N–H and O–H groups in total. The molecule has 1 fully saturated rings. The summed E-state index contributed by atoms with van der Waals surface area (Å²) >= 11 is 6.38. The van der Waals surface area contributed by atoms with Crippen molar-refractivity contribution in [1.29, 1.82) is 0 Å². The third-order valence-corrected chi connectivity index (χ3v) is 8.42. The Morgan fingerprint density at radius 2 is 1.73 bits per heavy atom. The number of hydrogen-bond acceptors (Lipinski definition) is 7. The molecule has 1 aliphatic carbocycles. The predicted octanol–water partition coefficient (Wildman–Crippen LogP) is 5.84. The van der Waals surface area contributed by atoms with Crippen LogP contribution in [0.1, 0.15) is 30.6 Å². The van der Waals surface area contributed by atoms with E-state index in [4.69, 9.17) is 20.9 Å². The summed E-state index contributed by atoms with van der Waals surface area (Å²) in [6.07, 6.45) is 5.91. The van der Waals surface area contributed by atoms with Crippen molar-refractivity contribution in [3.63, 3.8) is 0 Å². The maximum absolute atomic E-state index is 13.3. The molecule has 0 spiro atoms. The van der Waals surface area contributed by atoms with Crippen molar-refractivity contribution in [1.82, 2.24) is 15.0 Å². The molecular formula is C33H32ClN3O4. The van der Waals surface area contributed by atoms with E-state index < -0.39 is 11.3 Å². The van der Waals surface area contributed by atoms with Crippen LogP contribution >= 0.6 is 11.6 Å². The number of ether oxygens (including phenoxy) is 1.